The van der Waals surface area contributed by atoms with Crippen LogP contribution in [0.1, 0.15) is 148 Å². The molecule has 1 saturated carbocycles. The summed E-state index contributed by atoms with van der Waals surface area (Å²) in [5, 5.41) is 0. The zero-order valence-electron chi connectivity index (χ0n) is 24.0. The molecule has 0 heterocycles. The number of hydrogen-bond donors (Lipinski definition) is 0. The molecule has 2 rings (SSSR count). The van der Waals surface area contributed by atoms with Crippen molar-refractivity contribution in [1.82, 2.24) is 4.90 Å². The molecule has 0 spiro atoms. The third-order valence-corrected chi connectivity index (χ3v) is 7.25. The summed E-state index contributed by atoms with van der Waals surface area (Å²) in [6, 6.07) is 9.21. The van der Waals surface area contributed by atoms with Crippen molar-refractivity contribution in [3.8, 4) is 11.8 Å². The molecular weight excluding hydrogens is 442 g/mol. The maximum Gasteiger partial charge on any atom is 0.410 e. The van der Waals surface area contributed by atoms with E-state index in [-0.39, 0.29) is 6.09 Å². The summed E-state index contributed by atoms with van der Waals surface area (Å²) in [5.41, 5.74) is 2.10. The van der Waals surface area contributed by atoms with Crippen LogP contribution in [0.25, 0.3) is 0 Å². The topological polar surface area (TPSA) is 29.5 Å². The maximum absolute atomic E-state index is 12.7. The van der Waals surface area contributed by atoms with Crippen molar-refractivity contribution in [3.63, 3.8) is 0 Å². The molecule has 0 radical (unpaired) electrons. The van der Waals surface area contributed by atoms with Gasteiger partial charge in [-0.05, 0) is 82.9 Å². The highest BCUT2D eigenvalue weighted by molar-refractivity contribution is 5.68. The molecule has 0 N–H and O–H groups in total. The first-order valence-electron chi connectivity index (χ1n) is 14.9. The van der Waals surface area contributed by atoms with Gasteiger partial charge in [0.05, 0.1) is 0 Å². The van der Waals surface area contributed by atoms with Gasteiger partial charge in [0.2, 0.25) is 0 Å². The first kappa shape index (κ1) is 30.3. The smallest absolute Gasteiger partial charge is 0.410 e. The molecule has 1 aromatic rings. The molecule has 0 unspecified atom stereocenters. The van der Waals surface area contributed by atoms with Gasteiger partial charge in [0.25, 0.3) is 0 Å². The summed E-state index contributed by atoms with van der Waals surface area (Å²) < 4.78 is 5.69. The van der Waals surface area contributed by atoms with E-state index in [4.69, 9.17) is 4.74 Å². The second-order valence-electron chi connectivity index (χ2n) is 11.7. The lowest BCUT2D eigenvalue weighted by atomic mass is 9.81. The van der Waals surface area contributed by atoms with Crippen molar-refractivity contribution >= 4 is 6.09 Å². The van der Waals surface area contributed by atoms with E-state index >= 15 is 0 Å². The average Bonchev–Trinajstić information content (AvgIpc) is 2.85. The van der Waals surface area contributed by atoms with E-state index in [1.807, 2.05) is 25.7 Å². The summed E-state index contributed by atoms with van der Waals surface area (Å²) in [6.45, 7) is 11.0. The lowest BCUT2D eigenvalue weighted by molar-refractivity contribution is 0.0115. The first-order chi connectivity index (χ1) is 17.3. The summed E-state index contributed by atoms with van der Waals surface area (Å²) in [4.78, 5) is 14.7. The Hall–Kier alpha value is -1.95. The predicted molar refractivity (Wildman–Crippen MR) is 153 cm³/mol. The summed E-state index contributed by atoms with van der Waals surface area (Å²) >= 11 is 0. The quantitative estimate of drug-likeness (QED) is 0.201. The van der Waals surface area contributed by atoms with Crippen molar-refractivity contribution < 1.29 is 9.53 Å². The zero-order chi connectivity index (χ0) is 26.2. The number of hydrogen-bond acceptors (Lipinski definition) is 2. The number of unbranched alkanes of at least 4 members (excludes halogenated alkanes) is 9. The van der Waals surface area contributed by atoms with Gasteiger partial charge in [-0.1, -0.05) is 89.2 Å². The second kappa shape index (κ2) is 16.7. The zero-order valence-corrected chi connectivity index (χ0v) is 24.0. The van der Waals surface area contributed by atoms with Gasteiger partial charge in [-0.2, -0.15) is 0 Å². The van der Waals surface area contributed by atoms with Gasteiger partial charge >= 0.3 is 6.09 Å². The van der Waals surface area contributed by atoms with E-state index in [1.165, 1.54) is 63.4 Å². The minimum atomic E-state index is -0.446. The van der Waals surface area contributed by atoms with Gasteiger partial charge in [0.15, 0.2) is 0 Å². The van der Waals surface area contributed by atoms with E-state index < -0.39 is 5.60 Å². The predicted octanol–water partition coefficient (Wildman–Crippen LogP) is 9.63. The van der Waals surface area contributed by atoms with Crippen LogP contribution in [0.5, 0.6) is 0 Å². The van der Waals surface area contributed by atoms with Crippen molar-refractivity contribution in [2.24, 2.45) is 0 Å². The Balaban J connectivity index is 1.71. The molecule has 3 heteroatoms. The molecule has 1 fully saturated rings. The van der Waals surface area contributed by atoms with Crippen LogP contribution in [0.4, 0.5) is 4.79 Å². The Bertz CT molecular complexity index is 788. The minimum Gasteiger partial charge on any atom is -0.444 e. The van der Waals surface area contributed by atoms with Crippen LogP contribution in [0.3, 0.4) is 0 Å². The number of amides is 1. The van der Waals surface area contributed by atoms with E-state index in [2.05, 4.69) is 50.0 Å². The van der Waals surface area contributed by atoms with Crippen LogP contribution in [0, 0.1) is 11.8 Å². The van der Waals surface area contributed by atoms with E-state index in [9.17, 15) is 4.79 Å². The molecule has 0 aliphatic heterocycles. The Morgan fingerprint density at radius 3 is 2.00 bits per heavy atom. The second-order valence-corrected chi connectivity index (χ2v) is 11.7. The Kier molecular flexibility index (Phi) is 14.1. The number of nitrogens with zero attached hydrogens (tertiary/aromatic N) is 1. The van der Waals surface area contributed by atoms with Crippen LogP contribution in [0.2, 0.25) is 0 Å². The normalized spacial score (nSPS) is 17.8. The average molecular weight is 496 g/mol. The van der Waals surface area contributed by atoms with E-state index in [1.54, 1.807) is 0 Å². The Labute approximate surface area is 222 Å². The molecule has 3 nitrogen and oxygen atoms in total. The van der Waals surface area contributed by atoms with E-state index in [0.717, 1.165) is 50.6 Å². The van der Waals surface area contributed by atoms with Crippen molar-refractivity contribution in [2.45, 2.75) is 148 Å². The molecule has 202 valence electrons. The molecule has 1 aliphatic rings. The first-order valence-corrected chi connectivity index (χ1v) is 14.9. The number of carbonyl (C=O) groups excluding carboxylic acids is 1. The van der Waals surface area contributed by atoms with Crippen LogP contribution in [-0.4, -0.2) is 29.2 Å². The molecule has 36 heavy (non-hydrogen) atoms. The third-order valence-electron chi connectivity index (χ3n) is 7.25. The molecule has 0 atom stereocenters. The van der Waals surface area contributed by atoms with Gasteiger partial charge in [-0.15, -0.1) is 0 Å². The molecule has 0 saturated heterocycles. The van der Waals surface area contributed by atoms with Crippen LogP contribution >= 0.6 is 0 Å². The molecule has 0 bridgehead atoms. The van der Waals surface area contributed by atoms with Crippen molar-refractivity contribution in [1.29, 1.82) is 0 Å². The number of rotatable bonds is 13. The van der Waals surface area contributed by atoms with Crippen molar-refractivity contribution in [2.75, 3.05) is 6.54 Å². The summed E-state index contributed by atoms with van der Waals surface area (Å²) in [7, 11) is 0. The molecule has 1 aliphatic carbocycles. The molecular formula is C33H53NO2. The van der Waals surface area contributed by atoms with Gasteiger partial charge in [-0.3, -0.25) is 0 Å². The molecule has 1 aromatic carbocycles. The molecule has 1 amide bonds. The third kappa shape index (κ3) is 11.9. The van der Waals surface area contributed by atoms with E-state index in [0.29, 0.717) is 12.0 Å². The highest BCUT2D eigenvalue weighted by atomic mass is 16.6. The monoisotopic (exact) mass is 495 g/mol. The van der Waals surface area contributed by atoms with Gasteiger partial charge < -0.3 is 9.64 Å². The lowest BCUT2D eigenvalue weighted by Gasteiger charge is -2.37. The fourth-order valence-corrected chi connectivity index (χ4v) is 5.23. The summed E-state index contributed by atoms with van der Waals surface area (Å²) in [5.74, 6) is 7.31. The Morgan fingerprint density at radius 1 is 0.861 bits per heavy atom. The number of ether oxygens (including phenoxy) is 1. The highest BCUT2D eigenvalue weighted by Gasteiger charge is 2.31. The largest absolute Gasteiger partial charge is 0.444 e. The highest BCUT2D eigenvalue weighted by Crippen LogP contribution is 2.35. The van der Waals surface area contributed by atoms with Crippen molar-refractivity contribution in [3.05, 3.63) is 35.4 Å². The maximum atomic E-state index is 12.7. The summed E-state index contributed by atoms with van der Waals surface area (Å²) in [6.07, 6.45) is 18.4. The SMILES string of the molecule is CCCCCCCCCCCC#Cc1ccc(C2CCC(N(CCC)C(=O)OC(C)(C)C)CC2)cc1. The fourth-order valence-electron chi connectivity index (χ4n) is 5.23. The lowest BCUT2D eigenvalue weighted by Crippen LogP contribution is -2.45. The Morgan fingerprint density at radius 2 is 1.44 bits per heavy atom. The van der Waals surface area contributed by atoms with Crippen LogP contribution < -0.4 is 0 Å². The number of carbonyl (C=O) groups is 1. The van der Waals surface area contributed by atoms with Crippen LogP contribution in [0.15, 0.2) is 24.3 Å². The van der Waals surface area contributed by atoms with Crippen LogP contribution in [-0.2, 0) is 4.74 Å². The van der Waals surface area contributed by atoms with Gasteiger partial charge in [0, 0.05) is 24.6 Å². The minimum absolute atomic E-state index is 0.155. The fraction of sp³-hybridized carbons (Fsp3) is 0.727. The standard InChI is InChI=1S/C33H53NO2/c1-6-8-9-10-11-12-13-14-15-16-17-18-28-19-21-29(22-20-28)30-23-25-31(26-24-30)34(27-7-2)32(35)36-33(3,4)5/h19-22,30-31H,6-16,23-27H2,1-5H3. The molecule has 0 aromatic heterocycles. The number of benzene rings is 1. The van der Waals surface area contributed by atoms with Gasteiger partial charge in [-0.25, -0.2) is 4.79 Å². The van der Waals surface area contributed by atoms with Gasteiger partial charge in [0.1, 0.15) is 5.60 Å².